The number of hydrogen-bond donors (Lipinski definition) is 3. The number of carbonyl (C=O) groups excluding carboxylic acids is 2. The second-order valence-corrected chi connectivity index (χ2v) is 6.48. The molecule has 0 atom stereocenters. The third kappa shape index (κ3) is 5.97. The Hall–Kier alpha value is -4.08. The highest BCUT2D eigenvalue weighted by Crippen LogP contribution is 2.30. The fourth-order valence-corrected chi connectivity index (χ4v) is 2.72. The van der Waals surface area contributed by atoms with Crippen LogP contribution >= 0.6 is 0 Å². The van der Waals surface area contributed by atoms with E-state index in [1.165, 1.54) is 18.3 Å². The number of carbonyl (C=O) groups is 2. The number of anilines is 4. The third-order valence-electron chi connectivity index (χ3n) is 4.16. The molecule has 1 aromatic heterocycles. The summed E-state index contributed by atoms with van der Waals surface area (Å²) in [6.45, 7) is 1.94. The van der Waals surface area contributed by atoms with Gasteiger partial charge in [-0.05, 0) is 61.5 Å². The average molecular weight is 444 g/mol. The number of pyridine rings is 1. The number of hydrogen-bond acceptors (Lipinski definition) is 5. The number of esters is 1. The Morgan fingerprint density at radius 3 is 2.31 bits per heavy atom. The molecule has 0 aliphatic carbocycles. The van der Waals surface area contributed by atoms with Gasteiger partial charge in [-0.25, -0.2) is 14.6 Å². The predicted octanol–water partition coefficient (Wildman–Crippen LogP) is 5.66. The first kappa shape index (κ1) is 22.6. The molecule has 166 valence electrons. The van der Waals surface area contributed by atoms with Gasteiger partial charge < -0.3 is 20.7 Å². The first-order valence-electron chi connectivity index (χ1n) is 9.50. The first-order valence-corrected chi connectivity index (χ1v) is 9.50. The molecule has 2 amide bonds. The molecular formula is C22H19F3N4O3. The molecule has 3 N–H and O–H groups in total. The maximum absolute atomic E-state index is 12.8. The van der Waals surface area contributed by atoms with E-state index in [9.17, 15) is 22.8 Å². The van der Waals surface area contributed by atoms with E-state index in [4.69, 9.17) is 4.74 Å². The van der Waals surface area contributed by atoms with E-state index in [-0.39, 0.29) is 17.9 Å². The monoisotopic (exact) mass is 444 g/mol. The molecule has 3 rings (SSSR count). The van der Waals surface area contributed by atoms with Crippen LogP contribution in [-0.2, 0) is 10.9 Å². The minimum atomic E-state index is -4.50. The number of nitrogens with one attached hydrogen (secondary N) is 3. The average Bonchev–Trinajstić information content (AvgIpc) is 2.75. The van der Waals surface area contributed by atoms with Crippen LogP contribution in [0.1, 0.15) is 22.8 Å². The fourth-order valence-electron chi connectivity index (χ4n) is 2.72. The molecular weight excluding hydrogens is 425 g/mol. The number of nitrogens with zero attached hydrogens (tertiary/aromatic N) is 1. The van der Waals surface area contributed by atoms with Crippen molar-refractivity contribution < 1.29 is 27.5 Å². The summed E-state index contributed by atoms with van der Waals surface area (Å²) >= 11 is 0. The van der Waals surface area contributed by atoms with Crippen LogP contribution in [0.15, 0.2) is 66.9 Å². The molecule has 1 heterocycles. The molecule has 0 spiro atoms. The maximum atomic E-state index is 12.8. The van der Waals surface area contributed by atoms with Gasteiger partial charge in [0.1, 0.15) is 11.4 Å². The third-order valence-corrected chi connectivity index (χ3v) is 4.16. The van der Waals surface area contributed by atoms with Gasteiger partial charge >= 0.3 is 18.2 Å². The van der Waals surface area contributed by atoms with Gasteiger partial charge in [-0.2, -0.15) is 13.2 Å². The van der Waals surface area contributed by atoms with Crippen LogP contribution in [0.4, 0.5) is 40.8 Å². The molecule has 0 radical (unpaired) electrons. The highest BCUT2D eigenvalue weighted by molar-refractivity contribution is 6.00. The number of amides is 2. The Morgan fingerprint density at radius 2 is 1.62 bits per heavy atom. The van der Waals surface area contributed by atoms with Crippen molar-refractivity contribution in [1.29, 1.82) is 0 Å². The number of urea groups is 1. The highest BCUT2D eigenvalue weighted by atomic mass is 19.4. The van der Waals surface area contributed by atoms with E-state index in [0.717, 1.165) is 12.1 Å². The number of aromatic nitrogens is 1. The number of halogens is 3. The van der Waals surface area contributed by atoms with Crippen LogP contribution in [0, 0.1) is 0 Å². The van der Waals surface area contributed by atoms with E-state index < -0.39 is 23.7 Å². The molecule has 0 unspecified atom stereocenters. The number of alkyl halides is 3. The van der Waals surface area contributed by atoms with Crippen LogP contribution in [0.2, 0.25) is 0 Å². The number of benzene rings is 2. The smallest absolute Gasteiger partial charge is 0.416 e. The van der Waals surface area contributed by atoms with Crippen molar-refractivity contribution in [2.75, 3.05) is 22.6 Å². The summed E-state index contributed by atoms with van der Waals surface area (Å²) in [5, 5.41) is 7.91. The standard InChI is InChI=1S/C22H19F3N4O3/c1-2-32-20(30)18-7-4-12-26-19(18)27-15-8-10-16(11-9-15)28-21(31)29-17-6-3-5-14(13-17)22(23,24)25/h3-13H,2H2,1H3,(H,26,27)(H2,28,29,31). The van der Waals surface area contributed by atoms with Crippen molar-refractivity contribution in [3.8, 4) is 0 Å². The van der Waals surface area contributed by atoms with Crippen molar-refractivity contribution in [1.82, 2.24) is 4.98 Å². The summed E-state index contributed by atoms with van der Waals surface area (Å²) in [6, 6.07) is 13.3. The SMILES string of the molecule is CCOC(=O)c1cccnc1Nc1ccc(NC(=O)Nc2cccc(C(F)(F)F)c2)cc1. The van der Waals surface area contributed by atoms with Crippen LogP contribution in [-0.4, -0.2) is 23.6 Å². The van der Waals surface area contributed by atoms with Gasteiger partial charge in [-0.3, -0.25) is 0 Å². The van der Waals surface area contributed by atoms with Crippen LogP contribution in [0.25, 0.3) is 0 Å². The van der Waals surface area contributed by atoms with Crippen LogP contribution in [0.5, 0.6) is 0 Å². The Morgan fingerprint density at radius 1 is 0.938 bits per heavy atom. The summed E-state index contributed by atoms with van der Waals surface area (Å²) in [7, 11) is 0. The minimum Gasteiger partial charge on any atom is -0.462 e. The molecule has 3 aromatic rings. The Balaban J connectivity index is 1.63. The van der Waals surface area contributed by atoms with Crippen molar-refractivity contribution in [3.63, 3.8) is 0 Å². The predicted molar refractivity (Wildman–Crippen MR) is 114 cm³/mol. The first-order chi connectivity index (χ1) is 15.3. The highest BCUT2D eigenvalue weighted by Gasteiger charge is 2.30. The van der Waals surface area contributed by atoms with Crippen molar-refractivity contribution >= 4 is 34.9 Å². The molecule has 0 bridgehead atoms. The van der Waals surface area contributed by atoms with Gasteiger partial charge in [0.25, 0.3) is 0 Å². The van der Waals surface area contributed by atoms with Crippen molar-refractivity contribution in [2.45, 2.75) is 13.1 Å². The van der Waals surface area contributed by atoms with Gasteiger partial charge in [-0.15, -0.1) is 0 Å². The molecule has 2 aromatic carbocycles. The lowest BCUT2D eigenvalue weighted by Crippen LogP contribution is -2.19. The second-order valence-electron chi connectivity index (χ2n) is 6.48. The van der Waals surface area contributed by atoms with E-state index in [1.54, 1.807) is 43.3 Å². The molecule has 7 nitrogen and oxygen atoms in total. The molecule has 32 heavy (non-hydrogen) atoms. The van der Waals surface area contributed by atoms with Crippen LogP contribution < -0.4 is 16.0 Å². The van der Waals surface area contributed by atoms with Gasteiger partial charge in [0.05, 0.1) is 12.2 Å². The molecule has 10 heteroatoms. The zero-order valence-corrected chi connectivity index (χ0v) is 16.9. The molecule has 0 aliphatic heterocycles. The largest absolute Gasteiger partial charge is 0.462 e. The van der Waals surface area contributed by atoms with Crippen LogP contribution in [0.3, 0.4) is 0 Å². The van der Waals surface area contributed by atoms with E-state index in [0.29, 0.717) is 17.2 Å². The molecule has 0 saturated carbocycles. The lowest BCUT2D eigenvalue weighted by molar-refractivity contribution is -0.137. The number of ether oxygens (including phenoxy) is 1. The Labute approximate surface area is 181 Å². The quantitative estimate of drug-likeness (QED) is 0.427. The van der Waals surface area contributed by atoms with Crippen molar-refractivity contribution in [2.24, 2.45) is 0 Å². The molecule has 0 fully saturated rings. The summed E-state index contributed by atoms with van der Waals surface area (Å²) in [4.78, 5) is 28.3. The normalized spacial score (nSPS) is 10.9. The zero-order valence-electron chi connectivity index (χ0n) is 16.9. The Kier molecular flexibility index (Phi) is 6.93. The molecule has 0 saturated heterocycles. The van der Waals surface area contributed by atoms with Gasteiger partial charge in [0, 0.05) is 23.3 Å². The zero-order chi connectivity index (χ0) is 23.1. The van der Waals surface area contributed by atoms with Gasteiger partial charge in [0.2, 0.25) is 0 Å². The lowest BCUT2D eigenvalue weighted by atomic mass is 10.2. The minimum absolute atomic E-state index is 0.0114. The van der Waals surface area contributed by atoms with Crippen molar-refractivity contribution in [3.05, 3.63) is 78.0 Å². The second kappa shape index (κ2) is 9.82. The summed E-state index contributed by atoms with van der Waals surface area (Å²) < 4.78 is 43.4. The summed E-state index contributed by atoms with van der Waals surface area (Å²) in [5.41, 5.74) is 0.432. The lowest BCUT2D eigenvalue weighted by Gasteiger charge is -2.12. The maximum Gasteiger partial charge on any atom is 0.416 e. The van der Waals surface area contributed by atoms with Gasteiger partial charge in [0.15, 0.2) is 0 Å². The topological polar surface area (TPSA) is 92.3 Å². The molecule has 0 aliphatic rings. The summed E-state index contributed by atoms with van der Waals surface area (Å²) in [6.07, 6.45) is -2.98. The van der Waals surface area contributed by atoms with E-state index in [2.05, 4.69) is 20.9 Å². The Bertz CT molecular complexity index is 1100. The van der Waals surface area contributed by atoms with E-state index in [1.807, 2.05) is 0 Å². The van der Waals surface area contributed by atoms with Gasteiger partial charge in [-0.1, -0.05) is 6.07 Å². The summed E-state index contributed by atoms with van der Waals surface area (Å²) in [5.74, 6) is -0.193. The fraction of sp³-hybridized carbons (Fsp3) is 0.136. The number of rotatable bonds is 6. The van der Waals surface area contributed by atoms with E-state index >= 15 is 0 Å².